The third-order valence-corrected chi connectivity index (χ3v) is 6.67. The van der Waals surface area contributed by atoms with E-state index in [0.717, 1.165) is 22.8 Å². The number of rotatable bonds is 6. The van der Waals surface area contributed by atoms with E-state index in [1.807, 2.05) is 13.8 Å². The molecule has 34 heavy (non-hydrogen) atoms. The van der Waals surface area contributed by atoms with Crippen molar-refractivity contribution in [1.29, 1.82) is 0 Å². The molecule has 1 aliphatic carbocycles. The zero-order valence-electron chi connectivity index (χ0n) is 19.8. The molecule has 2 heterocycles. The zero-order valence-corrected chi connectivity index (χ0v) is 19.8. The molecule has 1 saturated carbocycles. The van der Waals surface area contributed by atoms with Crippen LogP contribution in [0.4, 0.5) is 0 Å². The summed E-state index contributed by atoms with van der Waals surface area (Å²) in [5.41, 5.74) is 6.28. The Morgan fingerprint density at radius 3 is 1.26 bits per heavy atom. The third-order valence-electron chi connectivity index (χ3n) is 6.67. The molecule has 0 unspecified atom stereocenters. The first kappa shape index (κ1) is 22.0. The fourth-order valence-corrected chi connectivity index (χ4v) is 5.32. The Bertz CT molecular complexity index is 1170. The van der Waals surface area contributed by atoms with E-state index in [4.69, 9.17) is 19.4 Å². The van der Waals surface area contributed by atoms with Gasteiger partial charge in [-0.2, -0.15) is 9.97 Å². The summed E-state index contributed by atoms with van der Waals surface area (Å²) in [4.78, 5) is 18.5. The number of aromatic nitrogens is 4. The highest BCUT2D eigenvalue weighted by molar-refractivity contribution is 5.46. The highest BCUT2D eigenvalue weighted by atomic mass is 16.5. The van der Waals surface area contributed by atoms with E-state index in [-0.39, 0.29) is 23.7 Å². The summed E-state index contributed by atoms with van der Waals surface area (Å²) in [5.74, 6) is 0.604. The van der Waals surface area contributed by atoms with Gasteiger partial charge in [-0.1, -0.05) is 60.7 Å². The van der Waals surface area contributed by atoms with E-state index in [0.29, 0.717) is 12.0 Å². The fourth-order valence-electron chi connectivity index (χ4n) is 5.32. The van der Waals surface area contributed by atoms with Crippen molar-refractivity contribution < 1.29 is 9.47 Å². The van der Waals surface area contributed by atoms with Crippen LogP contribution in [0.3, 0.4) is 0 Å². The highest BCUT2D eigenvalue weighted by Crippen LogP contribution is 2.66. The molecule has 1 aliphatic rings. The topological polar surface area (TPSA) is 70.0 Å². The molecular weight excluding hydrogens is 424 g/mol. The fraction of sp³-hybridized carbons (Fsp3) is 0.286. The summed E-state index contributed by atoms with van der Waals surface area (Å²) in [6.45, 7) is 3.97. The first-order valence-electron chi connectivity index (χ1n) is 11.5. The van der Waals surface area contributed by atoms with Gasteiger partial charge in [-0.25, -0.2) is 9.97 Å². The van der Waals surface area contributed by atoms with Crippen LogP contribution in [0.15, 0.2) is 72.8 Å². The normalized spacial score (nSPS) is 21.5. The second kappa shape index (κ2) is 9.21. The molecular formula is C28H28N4O2. The smallest absolute Gasteiger partial charge is 0.316 e. The van der Waals surface area contributed by atoms with Gasteiger partial charge in [0.25, 0.3) is 0 Å². The summed E-state index contributed by atoms with van der Waals surface area (Å²) in [5, 5.41) is 0. The van der Waals surface area contributed by atoms with Crippen LogP contribution in [0, 0.1) is 13.8 Å². The number of hydrogen-bond acceptors (Lipinski definition) is 6. The molecule has 6 nitrogen and oxygen atoms in total. The maximum absolute atomic E-state index is 5.43. The Morgan fingerprint density at radius 1 is 0.529 bits per heavy atom. The lowest BCUT2D eigenvalue weighted by molar-refractivity contribution is 0.216. The molecule has 1 fully saturated rings. The van der Waals surface area contributed by atoms with Crippen molar-refractivity contribution in [2.75, 3.05) is 14.2 Å². The monoisotopic (exact) mass is 452 g/mol. The molecule has 0 radical (unpaired) electrons. The second-order valence-electron chi connectivity index (χ2n) is 8.77. The van der Waals surface area contributed by atoms with Crippen molar-refractivity contribution in [2.24, 2.45) is 0 Å². The van der Waals surface area contributed by atoms with Crippen LogP contribution in [-0.4, -0.2) is 34.2 Å². The minimum absolute atomic E-state index is 0.131. The number of nitrogens with zero attached hydrogens (tertiary/aromatic N) is 4. The van der Waals surface area contributed by atoms with Crippen molar-refractivity contribution in [3.63, 3.8) is 0 Å². The van der Waals surface area contributed by atoms with Gasteiger partial charge in [0.05, 0.1) is 25.6 Å². The molecule has 0 saturated heterocycles. The lowest BCUT2D eigenvalue weighted by atomic mass is 9.50. The maximum atomic E-state index is 5.43. The standard InChI is InChI=1S/C28H28N4O2/c1-17-15-21(31-27(29-17)33-3)25-23(19-11-7-5-8-12-19)26(24(25)20-13-9-6-10-14-20)22-16-18(2)30-28(32-22)34-4/h5-16,23-26H,1-4H3. The SMILES string of the molecule is COc1nc(C)cc(C2C(c3ccccc3)C(c3cc(C)nc(OC)n3)C2c2ccccc2)n1. The zero-order chi connectivity index (χ0) is 23.7. The molecule has 2 aromatic heterocycles. The van der Waals surface area contributed by atoms with Crippen molar-refractivity contribution in [2.45, 2.75) is 37.5 Å². The van der Waals surface area contributed by atoms with Crippen molar-refractivity contribution in [1.82, 2.24) is 19.9 Å². The first-order chi connectivity index (χ1) is 16.6. The predicted molar refractivity (Wildman–Crippen MR) is 130 cm³/mol. The largest absolute Gasteiger partial charge is 0.467 e. The number of benzene rings is 2. The molecule has 0 aliphatic heterocycles. The van der Waals surface area contributed by atoms with Crippen molar-refractivity contribution >= 4 is 0 Å². The second-order valence-corrected chi connectivity index (χ2v) is 8.77. The lowest BCUT2D eigenvalue weighted by Gasteiger charge is -2.52. The summed E-state index contributed by atoms with van der Waals surface area (Å²) in [6, 6.07) is 26.2. The van der Waals surface area contributed by atoms with Gasteiger partial charge in [0.2, 0.25) is 0 Å². The van der Waals surface area contributed by atoms with Gasteiger partial charge in [-0.15, -0.1) is 0 Å². The Labute approximate surface area is 200 Å². The van der Waals surface area contributed by atoms with Crippen LogP contribution in [0.2, 0.25) is 0 Å². The van der Waals surface area contributed by atoms with Gasteiger partial charge in [-0.3, -0.25) is 0 Å². The Balaban J connectivity index is 1.72. The quantitative estimate of drug-likeness (QED) is 0.393. The number of aryl methyl sites for hydroxylation is 2. The van der Waals surface area contributed by atoms with Crippen LogP contribution >= 0.6 is 0 Å². The summed E-state index contributed by atoms with van der Waals surface area (Å²) in [7, 11) is 3.23. The summed E-state index contributed by atoms with van der Waals surface area (Å²) < 4.78 is 10.9. The van der Waals surface area contributed by atoms with Gasteiger partial charge in [0.15, 0.2) is 0 Å². The average molecular weight is 453 g/mol. The summed E-state index contributed by atoms with van der Waals surface area (Å²) in [6.07, 6.45) is 0. The number of ether oxygens (including phenoxy) is 2. The molecule has 2 aromatic carbocycles. The molecule has 0 atom stereocenters. The number of methoxy groups -OCH3 is 2. The molecule has 0 spiro atoms. The average Bonchev–Trinajstić information content (AvgIpc) is 2.84. The van der Waals surface area contributed by atoms with E-state index >= 15 is 0 Å². The minimum atomic E-state index is 0.131. The van der Waals surface area contributed by atoms with E-state index in [2.05, 4.69) is 82.8 Å². The molecule has 0 N–H and O–H groups in total. The van der Waals surface area contributed by atoms with E-state index in [1.54, 1.807) is 14.2 Å². The molecule has 172 valence electrons. The molecule has 6 heteroatoms. The maximum Gasteiger partial charge on any atom is 0.316 e. The Morgan fingerprint density at radius 2 is 0.912 bits per heavy atom. The molecule has 0 bridgehead atoms. The van der Waals surface area contributed by atoms with Gasteiger partial charge in [-0.05, 0) is 37.1 Å². The van der Waals surface area contributed by atoms with Crippen LogP contribution in [-0.2, 0) is 0 Å². The van der Waals surface area contributed by atoms with Crippen LogP contribution in [0.1, 0.15) is 57.6 Å². The number of hydrogen-bond donors (Lipinski definition) is 0. The third kappa shape index (κ3) is 4.00. The van der Waals surface area contributed by atoms with E-state index in [1.165, 1.54) is 11.1 Å². The van der Waals surface area contributed by atoms with Crippen LogP contribution in [0.25, 0.3) is 0 Å². The van der Waals surface area contributed by atoms with Gasteiger partial charge in [0, 0.05) is 35.1 Å². The van der Waals surface area contributed by atoms with Gasteiger partial charge >= 0.3 is 12.0 Å². The Hall–Kier alpha value is -3.80. The first-order valence-corrected chi connectivity index (χ1v) is 11.5. The van der Waals surface area contributed by atoms with Gasteiger partial charge < -0.3 is 9.47 Å². The minimum Gasteiger partial charge on any atom is -0.467 e. The van der Waals surface area contributed by atoms with Crippen molar-refractivity contribution in [3.8, 4) is 12.0 Å². The Kier molecular flexibility index (Phi) is 5.97. The summed E-state index contributed by atoms with van der Waals surface area (Å²) >= 11 is 0. The molecule has 0 amide bonds. The van der Waals surface area contributed by atoms with E-state index in [9.17, 15) is 0 Å². The van der Waals surface area contributed by atoms with Gasteiger partial charge in [0.1, 0.15) is 0 Å². The van der Waals surface area contributed by atoms with E-state index < -0.39 is 0 Å². The predicted octanol–water partition coefficient (Wildman–Crippen LogP) is 5.35. The van der Waals surface area contributed by atoms with Crippen molar-refractivity contribution in [3.05, 3.63) is 107 Å². The highest BCUT2D eigenvalue weighted by Gasteiger charge is 2.54. The molecule has 5 rings (SSSR count). The lowest BCUT2D eigenvalue weighted by Crippen LogP contribution is -2.41. The van der Waals surface area contributed by atoms with Crippen LogP contribution < -0.4 is 9.47 Å². The van der Waals surface area contributed by atoms with Crippen LogP contribution in [0.5, 0.6) is 12.0 Å². The molecule has 4 aromatic rings.